The zero-order valence-electron chi connectivity index (χ0n) is 16.5. The maximum absolute atomic E-state index is 13.4. The summed E-state index contributed by atoms with van der Waals surface area (Å²) in [7, 11) is 3.46. The number of benzene rings is 2. The Labute approximate surface area is 165 Å². The van der Waals surface area contributed by atoms with Crippen molar-refractivity contribution in [1.29, 1.82) is 0 Å². The van der Waals surface area contributed by atoms with Crippen molar-refractivity contribution >= 4 is 5.91 Å². The van der Waals surface area contributed by atoms with Crippen LogP contribution in [0.5, 0.6) is 5.75 Å². The molecule has 2 N–H and O–H groups in total. The van der Waals surface area contributed by atoms with E-state index in [1.54, 1.807) is 24.1 Å². The highest BCUT2D eigenvalue weighted by atomic mass is 19.1. The molecule has 3 rings (SSSR count). The van der Waals surface area contributed by atoms with Crippen molar-refractivity contribution in [3.05, 3.63) is 65.5 Å². The summed E-state index contributed by atoms with van der Waals surface area (Å²) < 4.78 is 18.7. The van der Waals surface area contributed by atoms with E-state index >= 15 is 0 Å². The number of hydrogen-bond acceptors (Lipinski definition) is 4. The van der Waals surface area contributed by atoms with E-state index in [1.807, 2.05) is 37.4 Å². The first-order valence-corrected chi connectivity index (χ1v) is 9.69. The van der Waals surface area contributed by atoms with Crippen LogP contribution in [0.15, 0.2) is 48.5 Å². The molecule has 0 aromatic heterocycles. The number of halogens is 1. The Hall–Kier alpha value is -2.44. The Morgan fingerprint density at radius 3 is 2.82 bits per heavy atom. The fourth-order valence-corrected chi connectivity index (χ4v) is 3.60. The van der Waals surface area contributed by atoms with Gasteiger partial charge in [-0.2, -0.15) is 0 Å². The molecule has 1 heterocycles. The number of hydrogen-bond donors (Lipinski definition) is 2. The monoisotopic (exact) mass is 385 g/mol. The fraction of sp³-hybridized carbons (Fsp3) is 0.409. The quantitative estimate of drug-likeness (QED) is 0.733. The van der Waals surface area contributed by atoms with Crippen molar-refractivity contribution in [2.24, 2.45) is 0 Å². The molecule has 5 nitrogen and oxygen atoms in total. The Morgan fingerprint density at radius 2 is 2.04 bits per heavy atom. The number of carbonyl (C=O) groups excluding carboxylic acids is 1. The number of carbonyl (C=O) groups is 1. The summed E-state index contributed by atoms with van der Waals surface area (Å²) in [5, 5.41) is 0. The standard InChI is InChI=1S/C22H28FN3O2/c1-26(22(27)14-17-7-3-4-11-21(17)28-2)12-6-10-19-15-20(25-24-19)16-8-5-9-18(23)13-16/h3-5,7-9,11,13,19-20,24-25H,6,10,12,14-15H2,1-2H3. The SMILES string of the molecule is COc1ccccc1CC(=O)N(C)CCCC1CC(c2cccc(F)c2)NN1. The first-order chi connectivity index (χ1) is 13.6. The van der Waals surface area contributed by atoms with Crippen LogP contribution in [0.4, 0.5) is 4.39 Å². The van der Waals surface area contributed by atoms with Crippen LogP contribution in [0.3, 0.4) is 0 Å². The van der Waals surface area contributed by atoms with Gasteiger partial charge in [0.25, 0.3) is 0 Å². The second-order valence-corrected chi connectivity index (χ2v) is 7.28. The molecule has 6 heteroatoms. The Bertz CT molecular complexity index is 799. The summed E-state index contributed by atoms with van der Waals surface area (Å²) in [4.78, 5) is 14.3. The van der Waals surface area contributed by atoms with E-state index in [4.69, 9.17) is 4.74 Å². The molecule has 1 amide bonds. The van der Waals surface area contributed by atoms with Crippen LogP contribution in [0, 0.1) is 5.82 Å². The van der Waals surface area contributed by atoms with E-state index in [2.05, 4.69) is 10.9 Å². The number of methoxy groups -OCH3 is 1. The Kier molecular flexibility index (Phi) is 7.01. The molecule has 0 aliphatic carbocycles. The molecule has 2 unspecified atom stereocenters. The second-order valence-electron chi connectivity index (χ2n) is 7.28. The molecular weight excluding hydrogens is 357 g/mol. The first-order valence-electron chi connectivity index (χ1n) is 9.69. The summed E-state index contributed by atoms with van der Waals surface area (Å²) in [5.41, 5.74) is 8.40. The van der Waals surface area contributed by atoms with Crippen LogP contribution in [0.2, 0.25) is 0 Å². The average molecular weight is 385 g/mol. The third-order valence-corrected chi connectivity index (χ3v) is 5.24. The van der Waals surface area contributed by atoms with Gasteiger partial charge in [-0.05, 0) is 43.0 Å². The molecule has 2 aromatic carbocycles. The van der Waals surface area contributed by atoms with Gasteiger partial charge in [0.05, 0.1) is 13.5 Å². The Morgan fingerprint density at radius 1 is 1.21 bits per heavy atom. The number of ether oxygens (including phenoxy) is 1. The zero-order chi connectivity index (χ0) is 19.9. The van der Waals surface area contributed by atoms with Crippen LogP contribution in [0.1, 0.15) is 36.4 Å². The van der Waals surface area contributed by atoms with Crippen molar-refractivity contribution < 1.29 is 13.9 Å². The molecule has 2 aromatic rings. The van der Waals surface area contributed by atoms with Crippen LogP contribution in [-0.2, 0) is 11.2 Å². The highest BCUT2D eigenvalue weighted by molar-refractivity contribution is 5.79. The third kappa shape index (κ3) is 5.30. The van der Waals surface area contributed by atoms with E-state index in [1.165, 1.54) is 6.07 Å². The molecule has 1 aliphatic rings. The van der Waals surface area contributed by atoms with Crippen LogP contribution in [-0.4, -0.2) is 37.6 Å². The number of nitrogens with zero attached hydrogens (tertiary/aromatic N) is 1. The molecule has 0 saturated carbocycles. The van der Waals surface area contributed by atoms with Crippen molar-refractivity contribution in [3.8, 4) is 5.75 Å². The fourth-order valence-electron chi connectivity index (χ4n) is 3.60. The summed E-state index contributed by atoms with van der Waals surface area (Å²) >= 11 is 0. The van der Waals surface area contributed by atoms with Crippen molar-refractivity contribution in [3.63, 3.8) is 0 Å². The molecule has 0 radical (unpaired) electrons. The lowest BCUT2D eigenvalue weighted by Gasteiger charge is -2.19. The Balaban J connectivity index is 1.41. The van der Waals surface area contributed by atoms with Crippen LogP contribution < -0.4 is 15.6 Å². The summed E-state index contributed by atoms with van der Waals surface area (Å²) in [6, 6.07) is 14.7. The number of hydrazine groups is 1. The van der Waals surface area contributed by atoms with Gasteiger partial charge < -0.3 is 9.64 Å². The molecule has 2 atom stereocenters. The van der Waals surface area contributed by atoms with Crippen molar-refractivity contribution in [1.82, 2.24) is 15.8 Å². The summed E-state index contributed by atoms with van der Waals surface area (Å²) in [6.07, 6.45) is 3.10. The van der Waals surface area contributed by atoms with Gasteiger partial charge in [0.15, 0.2) is 0 Å². The van der Waals surface area contributed by atoms with E-state index in [9.17, 15) is 9.18 Å². The molecule has 0 spiro atoms. The van der Waals surface area contributed by atoms with Crippen LogP contribution in [0.25, 0.3) is 0 Å². The number of likely N-dealkylation sites (N-methyl/N-ethyl adjacent to an activating group) is 1. The minimum atomic E-state index is -0.210. The largest absolute Gasteiger partial charge is 0.496 e. The summed E-state index contributed by atoms with van der Waals surface area (Å²) in [5.74, 6) is 0.617. The van der Waals surface area contributed by atoms with Crippen molar-refractivity contribution in [2.45, 2.75) is 37.8 Å². The highest BCUT2D eigenvalue weighted by Gasteiger charge is 2.25. The van der Waals surface area contributed by atoms with E-state index in [-0.39, 0.29) is 17.8 Å². The lowest BCUT2D eigenvalue weighted by atomic mass is 9.99. The lowest BCUT2D eigenvalue weighted by Crippen LogP contribution is -2.33. The predicted octanol–water partition coefficient (Wildman–Crippen LogP) is 3.22. The number of amides is 1. The highest BCUT2D eigenvalue weighted by Crippen LogP contribution is 2.24. The normalized spacial score (nSPS) is 18.8. The van der Waals surface area contributed by atoms with Gasteiger partial charge in [-0.25, -0.2) is 4.39 Å². The van der Waals surface area contributed by atoms with Crippen LogP contribution >= 0.6 is 0 Å². The molecule has 28 heavy (non-hydrogen) atoms. The maximum atomic E-state index is 13.4. The minimum Gasteiger partial charge on any atom is -0.496 e. The molecule has 1 saturated heterocycles. The van der Waals surface area contributed by atoms with Gasteiger partial charge in [0.1, 0.15) is 11.6 Å². The van der Waals surface area contributed by atoms with Gasteiger partial charge in [-0.3, -0.25) is 15.6 Å². The lowest BCUT2D eigenvalue weighted by molar-refractivity contribution is -0.129. The topological polar surface area (TPSA) is 53.6 Å². The minimum absolute atomic E-state index is 0.0830. The zero-order valence-corrected chi connectivity index (χ0v) is 16.5. The predicted molar refractivity (Wildman–Crippen MR) is 107 cm³/mol. The maximum Gasteiger partial charge on any atom is 0.226 e. The third-order valence-electron chi connectivity index (χ3n) is 5.24. The number of nitrogens with one attached hydrogen (secondary N) is 2. The molecule has 1 fully saturated rings. The molecular formula is C22H28FN3O2. The first kappa shape index (κ1) is 20.3. The second kappa shape index (κ2) is 9.66. The van der Waals surface area contributed by atoms with E-state index < -0.39 is 0 Å². The van der Waals surface area contributed by atoms with Gasteiger partial charge >= 0.3 is 0 Å². The molecule has 150 valence electrons. The molecule has 1 aliphatic heterocycles. The van der Waals surface area contributed by atoms with E-state index in [0.717, 1.165) is 36.1 Å². The van der Waals surface area contributed by atoms with E-state index in [0.29, 0.717) is 19.0 Å². The number of para-hydroxylation sites is 1. The average Bonchev–Trinajstić information content (AvgIpc) is 3.17. The van der Waals surface area contributed by atoms with Gasteiger partial charge in [-0.15, -0.1) is 0 Å². The van der Waals surface area contributed by atoms with Gasteiger partial charge in [0, 0.05) is 31.2 Å². The molecule has 0 bridgehead atoms. The number of rotatable bonds is 8. The van der Waals surface area contributed by atoms with Crippen molar-refractivity contribution in [2.75, 3.05) is 20.7 Å². The smallest absolute Gasteiger partial charge is 0.226 e. The van der Waals surface area contributed by atoms with Gasteiger partial charge in [0.2, 0.25) is 5.91 Å². The summed E-state index contributed by atoms with van der Waals surface area (Å²) in [6.45, 7) is 0.705. The van der Waals surface area contributed by atoms with Gasteiger partial charge in [-0.1, -0.05) is 30.3 Å².